The summed E-state index contributed by atoms with van der Waals surface area (Å²) in [5, 5.41) is 3.23. The van der Waals surface area contributed by atoms with Crippen molar-refractivity contribution in [2.45, 2.75) is 13.8 Å². The maximum absolute atomic E-state index is 13.1. The predicted molar refractivity (Wildman–Crippen MR) is 118 cm³/mol. The number of rotatable bonds is 3. The van der Waals surface area contributed by atoms with Crippen molar-refractivity contribution in [3.05, 3.63) is 81.1 Å². The molecule has 0 bridgehead atoms. The van der Waals surface area contributed by atoms with Crippen molar-refractivity contribution in [1.82, 2.24) is 13.7 Å². The monoisotopic (exact) mass is 402 g/mol. The number of benzene rings is 2. The highest BCUT2D eigenvalue weighted by Crippen LogP contribution is 2.31. The van der Waals surface area contributed by atoms with E-state index in [1.807, 2.05) is 54.1 Å². The maximum Gasteiger partial charge on any atom is 0.330 e. The van der Waals surface area contributed by atoms with E-state index < -0.39 is 0 Å². The summed E-state index contributed by atoms with van der Waals surface area (Å²) in [5.41, 5.74) is 4.01. The first kappa shape index (κ1) is 19.4. The molecular weight excluding hydrogens is 380 g/mol. The number of amides is 1. The Hall–Kier alpha value is -3.87. The Bertz CT molecular complexity index is 1410. The van der Waals surface area contributed by atoms with Crippen LogP contribution >= 0.6 is 0 Å². The van der Waals surface area contributed by atoms with E-state index in [4.69, 9.17) is 0 Å². The molecule has 0 spiro atoms. The van der Waals surface area contributed by atoms with Crippen molar-refractivity contribution in [1.29, 1.82) is 0 Å². The molecule has 0 saturated carbocycles. The summed E-state index contributed by atoms with van der Waals surface area (Å²) in [5.74, 6) is -0.145. The fourth-order valence-corrected chi connectivity index (χ4v) is 3.73. The summed E-state index contributed by atoms with van der Waals surface area (Å²) < 4.78 is 4.53. The molecule has 0 radical (unpaired) electrons. The van der Waals surface area contributed by atoms with Crippen molar-refractivity contribution in [3.63, 3.8) is 0 Å². The Labute approximate surface area is 172 Å². The molecule has 1 amide bonds. The summed E-state index contributed by atoms with van der Waals surface area (Å²) in [4.78, 5) is 36.9. The van der Waals surface area contributed by atoms with Crippen LogP contribution in [0.15, 0.2) is 64.3 Å². The Balaban J connectivity index is 2.07. The summed E-state index contributed by atoms with van der Waals surface area (Å²) in [6, 6.07) is 15.3. The first-order valence-electron chi connectivity index (χ1n) is 9.54. The fourth-order valence-electron chi connectivity index (χ4n) is 3.73. The van der Waals surface area contributed by atoms with Gasteiger partial charge in [0.25, 0.3) is 5.56 Å². The fraction of sp³-hybridized carbons (Fsp3) is 0.174. The summed E-state index contributed by atoms with van der Waals surface area (Å²) in [7, 11) is 3.15. The molecule has 0 aliphatic heterocycles. The van der Waals surface area contributed by atoms with Gasteiger partial charge in [0, 0.05) is 38.6 Å². The normalized spacial score (nSPS) is 11.1. The van der Waals surface area contributed by atoms with Gasteiger partial charge in [0.1, 0.15) is 0 Å². The van der Waals surface area contributed by atoms with Crippen LogP contribution in [-0.4, -0.2) is 19.6 Å². The lowest BCUT2D eigenvalue weighted by molar-refractivity contribution is -0.114. The minimum absolute atomic E-state index is 0.145. The van der Waals surface area contributed by atoms with Gasteiger partial charge in [-0.25, -0.2) is 4.79 Å². The molecule has 0 aliphatic carbocycles. The smallest absolute Gasteiger partial charge is 0.326 e. The number of hydrogen-bond acceptors (Lipinski definition) is 3. The van der Waals surface area contributed by atoms with E-state index in [2.05, 4.69) is 5.32 Å². The highest BCUT2D eigenvalue weighted by molar-refractivity contribution is 5.95. The van der Waals surface area contributed by atoms with Gasteiger partial charge in [0.05, 0.1) is 16.6 Å². The molecule has 0 aliphatic rings. The SMILES string of the molecule is CC(=O)Nc1ccc(-n2cc3c(c2-c2cccc(C)c2)c(=O)n(C)c(=O)n3C)cc1. The van der Waals surface area contributed by atoms with Crippen molar-refractivity contribution in [2.75, 3.05) is 5.32 Å². The van der Waals surface area contributed by atoms with Gasteiger partial charge in [-0.2, -0.15) is 0 Å². The Morgan fingerprint density at radius 3 is 2.30 bits per heavy atom. The van der Waals surface area contributed by atoms with Crippen LogP contribution in [0.2, 0.25) is 0 Å². The van der Waals surface area contributed by atoms with Crippen molar-refractivity contribution in [3.8, 4) is 16.9 Å². The van der Waals surface area contributed by atoms with E-state index in [0.29, 0.717) is 16.6 Å². The molecule has 7 heteroatoms. The predicted octanol–water partition coefficient (Wildman–Crippen LogP) is 2.96. The van der Waals surface area contributed by atoms with Gasteiger partial charge in [-0.05, 0) is 42.8 Å². The minimum Gasteiger partial charge on any atom is -0.326 e. The van der Waals surface area contributed by atoms with Gasteiger partial charge in [-0.1, -0.05) is 23.8 Å². The van der Waals surface area contributed by atoms with Gasteiger partial charge < -0.3 is 9.88 Å². The summed E-state index contributed by atoms with van der Waals surface area (Å²) in [6.45, 7) is 3.45. The molecule has 1 N–H and O–H groups in total. The van der Waals surface area contributed by atoms with Gasteiger partial charge in [0.2, 0.25) is 5.91 Å². The number of anilines is 1. The van der Waals surface area contributed by atoms with Crippen molar-refractivity contribution < 1.29 is 4.79 Å². The third kappa shape index (κ3) is 3.14. The van der Waals surface area contributed by atoms with Crippen LogP contribution in [0.25, 0.3) is 27.8 Å². The zero-order chi connectivity index (χ0) is 21.6. The number of fused-ring (bicyclic) bond motifs is 1. The molecule has 0 atom stereocenters. The van der Waals surface area contributed by atoms with Crippen molar-refractivity contribution >= 4 is 22.5 Å². The number of carbonyl (C=O) groups is 1. The number of carbonyl (C=O) groups excluding carboxylic acids is 1. The number of nitrogens with one attached hydrogen (secondary N) is 1. The molecule has 2 aromatic carbocycles. The first-order chi connectivity index (χ1) is 14.3. The van der Waals surface area contributed by atoms with Crippen LogP contribution in [0.1, 0.15) is 12.5 Å². The second kappa shape index (κ2) is 7.18. The number of hydrogen-bond donors (Lipinski definition) is 1. The topological polar surface area (TPSA) is 78.0 Å². The molecule has 2 aromatic heterocycles. The van der Waals surface area contributed by atoms with Gasteiger partial charge in [-0.3, -0.25) is 18.7 Å². The van der Waals surface area contributed by atoms with Crippen LogP contribution < -0.4 is 16.6 Å². The molecular formula is C23H22N4O3. The van der Waals surface area contributed by atoms with E-state index in [1.165, 1.54) is 18.5 Å². The lowest BCUT2D eigenvalue weighted by Crippen LogP contribution is -2.36. The second-order valence-electron chi connectivity index (χ2n) is 7.41. The quantitative estimate of drug-likeness (QED) is 0.572. The molecule has 4 aromatic rings. The zero-order valence-electron chi connectivity index (χ0n) is 17.3. The first-order valence-corrected chi connectivity index (χ1v) is 9.54. The molecule has 2 heterocycles. The molecule has 0 saturated heterocycles. The van der Waals surface area contributed by atoms with E-state index in [0.717, 1.165) is 27.1 Å². The highest BCUT2D eigenvalue weighted by Gasteiger charge is 2.20. The minimum atomic E-state index is -0.374. The van der Waals surface area contributed by atoms with Crippen molar-refractivity contribution in [2.24, 2.45) is 14.1 Å². The highest BCUT2D eigenvalue weighted by atomic mass is 16.2. The number of nitrogens with zero attached hydrogens (tertiary/aromatic N) is 3. The molecule has 0 unspecified atom stereocenters. The van der Waals surface area contributed by atoms with Crippen LogP contribution in [0.5, 0.6) is 0 Å². The summed E-state index contributed by atoms with van der Waals surface area (Å²) >= 11 is 0. The molecule has 152 valence electrons. The second-order valence-corrected chi connectivity index (χ2v) is 7.41. The van der Waals surface area contributed by atoms with Gasteiger partial charge in [-0.15, -0.1) is 0 Å². The molecule has 7 nitrogen and oxygen atoms in total. The van der Waals surface area contributed by atoms with E-state index in [9.17, 15) is 14.4 Å². The van der Waals surface area contributed by atoms with Crippen LogP contribution in [0.4, 0.5) is 5.69 Å². The summed E-state index contributed by atoms with van der Waals surface area (Å²) in [6.07, 6.45) is 1.81. The van der Waals surface area contributed by atoms with Gasteiger partial charge in [0.15, 0.2) is 0 Å². The Morgan fingerprint density at radius 2 is 1.67 bits per heavy atom. The van der Waals surface area contributed by atoms with E-state index in [1.54, 1.807) is 19.2 Å². The maximum atomic E-state index is 13.1. The zero-order valence-corrected chi connectivity index (χ0v) is 17.3. The van der Waals surface area contributed by atoms with Crippen LogP contribution in [-0.2, 0) is 18.9 Å². The third-order valence-electron chi connectivity index (χ3n) is 5.20. The lowest BCUT2D eigenvalue weighted by Gasteiger charge is -2.12. The van der Waals surface area contributed by atoms with Crippen LogP contribution in [0.3, 0.4) is 0 Å². The standard InChI is InChI=1S/C23H22N4O3/c1-14-6-5-7-16(12-14)21-20-19(25(3)23(30)26(4)22(20)29)13-27(21)18-10-8-17(9-11-18)24-15(2)28/h5-13H,1-4H3,(H,24,28). The van der Waals surface area contributed by atoms with Crippen LogP contribution in [0, 0.1) is 6.92 Å². The number of aryl methyl sites for hydroxylation is 2. The molecule has 30 heavy (non-hydrogen) atoms. The molecule has 4 rings (SSSR count). The average Bonchev–Trinajstić information content (AvgIpc) is 3.11. The Kier molecular flexibility index (Phi) is 4.66. The Morgan fingerprint density at radius 1 is 0.967 bits per heavy atom. The third-order valence-corrected chi connectivity index (χ3v) is 5.20. The average molecular weight is 402 g/mol. The van der Waals surface area contributed by atoms with Gasteiger partial charge >= 0.3 is 5.69 Å². The lowest BCUT2D eigenvalue weighted by atomic mass is 10.1. The number of aromatic nitrogens is 3. The van der Waals surface area contributed by atoms with E-state index in [-0.39, 0.29) is 17.2 Å². The molecule has 0 fully saturated rings. The largest absolute Gasteiger partial charge is 0.330 e. The van der Waals surface area contributed by atoms with E-state index >= 15 is 0 Å².